The first-order valence-corrected chi connectivity index (χ1v) is 5.42. The number of hydrogen-bond donors (Lipinski definition) is 4. The summed E-state index contributed by atoms with van der Waals surface area (Å²) >= 11 is 0. The molecule has 8 nitrogen and oxygen atoms in total. The number of amides is 2. The predicted molar refractivity (Wildman–Crippen MR) is 68.6 cm³/mol. The second kappa shape index (κ2) is 5.17. The number of H-pyrrole nitrogens is 1. The zero-order chi connectivity index (χ0) is 13.8. The minimum absolute atomic E-state index is 0.0234. The van der Waals surface area contributed by atoms with Gasteiger partial charge in [0, 0.05) is 7.05 Å². The Hall–Kier alpha value is -2.90. The highest BCUT2D eigenvalue weighted by atomic mass is 16.2. The van der Waals surface area contributed by atoms with Gasteiger partial charge in [-0.1, -0.05) is 12.1 Å². The van der Waals surface area contributed by atoms with Crippen LogP contribution in [0, 0.1) is 0 Å². The number of nitrogen functional groups attached to an aromatic ring is 1. The van der Waals surface area contributed by atoms with Crippen LogP contribution in [-0.4, -0.2) is 34.0 Å². The highest BCUT2D eigenvalue weighted by molar-refractivity contribution is 6.07. The maximum absolute atomic E-state index is 11.9. The van der Waals surface area contributed by atoms with E-state index in [0.717, 1.165) is 0 Å². The third-order valence-corrected chi connectivity index (χ3v) is 2.36. The number of hydrogen-bond acceptors (Lipinski definition) is 5. The Kier molecular flexibility index (Phi) is 3.42. The van der Waals surface area contributed by atoms with Crippen molar-refractivity contribution in [3.63, 3.8) is 0 Å². The number of nitrogens with zero attached hydrogens (tertiary/aromatic N) is 2. The third kappa shape index (κ3) is 2.68. The molecule has 5 N–H and O–H groups in total. The van der Waals surface area contributed by atoms with Crippen LogP contribution >= 0.6 is 0 Å². The Morgan fingerprint density at radius 3 is 2.63 bits per heavy atom. The van der Waals surface area contributed by atoms with E-state index in [9.17, 15) is 9.59 Å². The van der Waals surface area contributed by atoms with Crippen molar-refractivity contribution < 1.29 is 9.59 Å². The van der Waals surface area contributed by atoms with Crippen molar-refractivity contribution in [3.05, 3.63) is 35.7 Å². The molecule has 1 aromatic carbocycles. The molecule has 98 valence electrons. The minimum Gasteiger partial charge on any atom is -0.366 e. The molecule has 0 spiro atoms. The van der Waals surface area contributed by atoms with Gasteiger partial charge in [0.1, 0.15) is 0 Å². The van der Waals surface area contributed by atoms with Gasteiger partial charge in [-0.05, 0) is 12.1 Å². The highest BCUT2D eigenvalue weighted by Crippen LogP contribution is 2.15. The van der Waals surface area contributed by atoms with Gasteiger partial charge in [0.25, 0.3) is 11.8 Å². The maximum Gasteiger partial charge on any atom is 0.293 e. The van der Waals surface area contributed by atoms with Gasteiger partial charge in [-0.2, -0.15) is 4.98 Å². The summed E-state index contributed by atoms with van der Waals surface area (Å²) in [6.45, 7) is 0. The lowest BCUT2D eigenvalue weighted by atomic mass is 10.1. The summed E-state index contributed by atoms with van der Waals surface area (Å²) in [7, 11) is 1.51. The number of aromatic nitrogens is 3. The van der Waals surface area contributed by atoms with Crippen LogP contribution in [0.2, 0.25) is 0 Å². The lowest BCUT2D eigenvalue weighted by molar-refractivity contribution is 0.0964. The normalized spacial score (nSPS) is 9.95. The molecule has 1 heterocycles. The summed E-state index contributed by atoms with van der Waals surface area (Å²) in [5, 5.41) is 11.0. The third-order valence-electron chi connectivity index (χ3n) is 2.36. The van der Waals surface area contributed by atoms with Gasteiger partial charge in [-0.25, -0.2) is 0 Å². The molecule has 0 unspecified atom stereocenters. The van der Waals surface area contributed by atoms with E-state index in [0.29, 0.717) is 11.3 Å². The fourth-order valence-electron chi connectivity index (χ4n) is 1.48. The van der Waals surface area contributed by atoms with Crippen LogP contribution in [0.5, 0.6) is 0 Å². The van der Waals surface area contributed by atoms with Crippen molar-refractivity contribution in [2.45, 2.75) is 0 Å². The van der Waals surface area contributed by atoms with E-state index in [1.54, 1.807) is 24.3 Å². The van der Waals surface area contributed by atoms with E-state index in [-0.39, 0.29) is 17.7 Å². The molecule has 0 aliphatic heterocycles. The van der Waals surface area contributed by atoms with Gasteiger partial charge in [-0.15, -0.1) is 5.10 Å². The SMILES string of the molecule is CNC(=O)c1ccccc1NC(=O)c1nc(N)n[nH]1. The van der Waals surface area contributed by atoms with E-state index >= 15 is 0 Å². The molecule has 19 heavy (non-hydrogen) atoms. The molecule has 8 heteroatoms. The second-order valence-corrected chi connectivity index (χ2v) is 3.62. The molecule has 2 rings (SSSR count). The lowest BCUT2D eigenvalue weighted by Crippen LogP contribution is -2.22. The number of anilines is 2. The molecule has 0 radical (unpaired) electrons. The van der Waals surface area contributed by atoms with Gasteiger partial charge >= 0.3 is 0 Å². The Morgan fingerprint density at radius 1 is 1.26 bits per heavy atom. The van der Waals surface area contributed by atoms with Crippen molar-refractivity contribution >= 4 is 23.5 Å². The van der Waals surface area contributed by atoms with Crippen LogP contribution in [0.3, 0.4) is 0 Å². The first-order valence-electron chi connectivity index (χ1n) is 5.42. The molecular weight excluding hydrogens is 248 g/mol. The van der Waals surface area contributed by atoms with Crippen LogP contribution in [0.1, 0.15) is 21.0 Å². The number of nitrogens with one attached hydrogen (secondary N) is 3. The van der Waals surface area contributed by atoms with Gasteiger partial charge in [0.2, 0.25) is 11.8 Å². The van der Waals surface area contributed by atoms with Crippen molar-refractivity contribution in [3.8, 4) is 0 Å². The fourth-order valence-corrected chi connectivity index (χ4v) is 1.48. The molecule has 0 fully saturated rings. The smallest absolute Gasteiger partial charge is 0.293 e. The predicted octanol–water partition coefficient (Wildman–Crippen LogP) is -0.00120. The number of aromatic amines is 1. The van der Waals surface area contributed by atoms with E-state index in [1.807, 2.05) is 0 Å². The molecular formula is C11H12N6O2. The molecule has 1 aromatic heterocycles. The number of benzene rings is 1. The van der Waals surface area contributed by atoms with Gasteiger partial charge in [-0.3, -0.25) is 14.7 Å². The van der Waals surface area contributed by atoms with Gasteiger partial charge in [0.05, 0.1) is 11.3 Å². The van der Waals surface area contributed by atoms with Crippen LogP contribution in [-0.2, 0) is 0 Å². The first-order chi connectivity index (χ1) is 9.11. The van der Waals surface area contributed by atoms with Crippen LogP contribution in [0.25, 0.3) is 0 Å². The number of carbonyl (C=O) groups is 2. The van der Waals surface area contributed by atoms with Crippen molar-refractivity contribution in [1.82, 2.24) is 20.5 Å². The molecule has 2 amide bonds. The Balaban J connectivity index is 2.24. The van der Waals surface area contributed by atoms with Gasteiger partial charge < -0.3 is 16.4 Å². The van der Waals surface area contributed by atoms with Crippen LogP contribution in [0.4, 0.5) is 11.6 Å². The molecule has 0 aliphatic rings. The molecule has 0 saturated carbocycles. The average molecular weight is 260 g/mol. The van der Waals surface area contributed by atoms with E-state index in [4.69, 9.17) is 5.73 Å². The number of carbonyl (C=O) groups excluding carboxylic acids is 2. The zero-order valence-electron chi connectivity index (χ0n) is 10.1. The molecule has 0 saturated heterocycles. The molecule has 0 aliphatic carbocycles. The number of rotatable bonds is 3. The zero-order valence-corrected chi connectivity index (χ0v) is 10.1. The molecule has 2 aromatic rings. The monoisotopic (exact) mass is 260 g/mol. The minimum atomic E-state index is -0.527. The average Bonchev–Trinajstić information content (AvgIpc) is 2.85. The first kappa shape index (κ1) is 12.6. The second-order valence-electron chi connectivity index (χ2n) is 3.62. The molecule has 0 bridgehead atoms. The van der Waals surface area contributed by atoms with Crippen LogP contribution < -0.4 is 16.4 Å². The van der Waals surface area contributed by atoms with Crippen molar-refractivity contribution in [2.75, 3.05) is 18.1 Å². The van der Waals surface area contributed by atoms with E-state index < -0.39 is 5.91 Å². The summed E-state index contributed by atoms with van der Waals surface area (Å²) in [6.07, 6.45) is 0. The molecule has 0 atom stereocenters. The number of nitrogens with two attached hydrogens (primary N) is 1. The van der Waals surface area contributed by atoms with Gasteiger partial charge in [0.15, 0.2) is 0 Å². The summed E-state index contributed by atoms with van der Waals surface area (Å²) in [6, 6.07) is 6.62. The fraction of sp³-hybridized carbons (Fsp3) is 0.0909. The van der Waals surface area contributed by atoms with Crippen LogP contribution in [0.15, 0.2) is 24.3 Å². The highest BCUT2D eigenvalue weighted by Gasteiger charge is 2.15. The number of para-hydroxylation sites is 1. The largest absolute Gasteiger partial charge is 0.366 e. The summed E-state index contributed by atoms with van der Waals surface area (Å²) in [4.78, 5) is 27.2. The lowest BCUT2D eigenvalue weighted by Gasteiger charge is -2.08. The Bertz CT molecular complexity index is 621. The quantitative estimate of drug-likeness (QED) is 0.618. The Morgan fingerprint density at radius 2 is 2.00 bits per heavy atom. The van der Waals surface area contributed by atoms with E-state index in [1.165, 1.54) is 7.05 Å². The standard InChI is InChI=1S/C11H12N6O2/c1-13-9(18)6-4-2-3-5-7(6)14-10(19)8-15-11(12)17-16-8/h2-5H,1H3,(H,13,18)(H,14,19)(H3,12,15,16,17). The Labute approximate surface area is 108 Å². The van der Waals surface area contributed by atoms with Crippen molar-refractivity contribution in [1.29, 1.82) is 0 Å². The topological polar surface area (TPSA) is 126 Å². The summed E-state index contributed by atoms with van der Waals surface area (Å²) in [5.74, 6) is -0.873. The summed E-state index contributed by atoms with van der Waals surface area (Å²) < 4.78 is 0. The van der Waals surface area contributed by atoms with E-state index in [2.05, 4.69) is 25.8 Å². The maximum atomic E-state index is 11.9. The summed E-state index contributed by atoms with van der Waals surface area (Å²) in [5.41, 5.74) is 6.04. The van der Waals surface area contributed by atoms with Crippen molar-refractivity contribution in [2.24, 2.45) is 0 Å².